The van der Waals surface area contributed by atoms with E-state index in [9.17, 15) is 4.79 Å². The van der Waals surface area contributed by atoms with E-state index in [0.29, 0.717) is 22.8 Å². The molecule has 1 aromatic heterocycles. The summed E-state index contributed by atoms with van der Waals surface area (Å²) in [6.07, 6.45) is 3.17. The lowest BCUT2D eigenvalue weighted by molar-refractivity contribution is 0.102. The van der Waals surface area contributed by atoms with Gasteiger partial charge in [0.15, 0.2) is 28.6 Å². The maximum atomic E-state index is 12.4. The minimum absolute atomic E-state index is 0.229. The van der Waals surface area contributed by atoms with E-state index in [4.69, 9.17) is 18.6 Å². The molecule has 0 bridgehead atoms. The highest BCUT2D eigenvalue weighted by Gasteiger charge is 2.12. The second-order valence-corrected chi connectivity index (χ2v) is 5.30. The Morgan fingerprint density at radius 1 is 0.920 bits per heavy atom. The molecular weight excluding hydrogens is 320 g/mol. The molecule has 0 spiro atoms. The van der Waals surface area contributed by atoms with Crippen LogP contribution in [0.25, 0.3) is 17.0 Å². The Bertz CT molecular complexity index is 936. The van der Waals surface area contributed by atoms with Crippen molar-refractivity contribution in [3.8, 4) is 17.2 Å². The van der Waals surface area contributed by atoms with E-state index in [1.54, 1.807) is 51.7 Å². The van der Waals surface area contributed by atoms with Crippen molar-refractivity contribution in [3.63, 3.8) is 0 Å². The zero-order valence-electron chi connectivity index (χ0n) is 14.2. The highest BCUT2D eigenvalue weighted by molar-refractivity contribution is 6.07. The number of carbonyl (C=O) groups excluding carboxylic acids is 1. The van der Waals surface area contributed by atoms with E-state index in [-0.39, 0.29) is 11.5 Å². The third kappa shape index (κ3) is 3.35. The van der Waals surface area contributed by atoms with E-state index in [1.165, 1.54) is 6.08 Å². The number of methoxy groups -OCH3 is 3. The van der Waals surface area contributed by atoms with Crippen LogP contribution in [0.15, 0.2) is 53.0 Å². The summed E-state index contributed by atoms with van der Waals surface area (Å²) in [6, 6.07) is 12.6. The van der Waals surface area contributed by atoms with E-state index in [2.05, 4.69) is 0 Å². The lowest BCUT2D eigenvalue weighted by atomic mass is 10.1. The van der Waals surface area contributed by atoms with Gasteiger partial charge in [-0.3, -0.25) is 4.79 Å². The summed E-state index contributed by atoms with van der Waals surface area (Å²) in [5, 5.41) is 0.821. The lowest BCUT2D eigenvalue weighted by Crippen LogP contribution is -1.92. The standard InChI is InChI=1S/C20H18O5/c1-22-16-10-8-13(11-19(16)24-3)7-9-15(21)18-12-14-5-4-6-17(23-2)20(14)25-18/h4-12H,1-3H3/b9-7+. The first-order valence-electron chi connectivity index (χ1n) is 7.67. The van der Waals surface area contributed by atoms with E-state index >= 15 is 0 Å². The second kappa shape index (κ2) is 7.13. The predicted molar refractivity (Wildman–Crippen MR) is 95.7 cm³/mol. The Morgan fingerprint density at radius 3 is 2.40 bits per heavy atom. The fourth-order valence-corrected chi connectivity index (χ4v) is 2.53. The molecule has 0 N–H and O–H groups in total. The summed E-state index contributed by atoms with van der Waals surface area (Å²) in [5.74, 6) is 1.87. The van der Waals surface area contributed by atoms with Crippen molar-refractivity contribution in [1.29, 1.82) is 0 Å². The number of para-hydroxylation sites is 1. The molecule has 128 valence electrons. The van der Waals surface area contributed by atoms with Gasteiger partial charge in [0.2, 0.25) is 5.78 Å². The summed E-state index contributed by atoms with van der Waals surface area (Å²) in [5.41, 5.74) is 1.38. The van der Waals surface area contributed by atoms with Gasteiger partial charge in [-0.2, -0.15) is 0 Å². The maximum Gasteiger partial charge on any atom is 0.221 e. The van der Waals surface area contributed by atoms with Crippen LogP contribution in [-0.4, -0.2) is 27.1 Å². The summed E-state index contributed by atoms with van der Waals surface area (Å²) < 4.78 is 21.4. The summed E-state index contributed by atoms with van der Waals surface area (Å²) >= 11 is 0. The van der Waals surface area contributed by atoms with Crippen molar-refractivity contribution in [2.24, 2.45) is 0 Å². The number of rotatable bonds is 6. The van der Waals surface area contributed by atoms with Crippen molar-refractivity contribution in [3.05, 3.63) is 59.9 Å². The first kappa shape index (κ1) is 16.6. The number of hydrogen-bond acceptors (Lipinski definition) is 5. The summed E-state index contributed by atoms with van der Waals surface area (Å²) in [7, 11) is 4.71. The molecule has 0 saturated heterocycles. The average Bonchev–Trinajstić information content (AvgIpc) is 3.10. The third-order valence-electron chi connectivity index (χ3n) is 3.81. The monoisotopic (exact) mass is 338 g/mol. The number of furan rings is 1. The summed E-state index contributed by atoms with van der Waals surface area (Å²) in [4.78, 5) is 12.4. The molecule has 0 aliphatic rings. The molecule has 5 heteroatoms. The van der Waals surface area contributed by atoms with Gasteiger partial charge in [0.05, 0.1) is 21.3 Å². The van der Waals surface area contributed by atoms with E-state index in [0.717, 1.165) is 10.9 Å². The Hall–Kier alpha value is -3.21. The molecule has 0 aliphatic heterocycles. The van der Waals surface area contributed by atoms with Gasteiger partial charge in [-0.15, -0.1) is 0 Å². The molecule has 25 heavy (non-hydrogen) atoms. The first-order chi connectivity index (χ1) is 12.2. The summed E-state index contributed by atoms with van der Waals surface area (Å²) in [6.45, 7) is 0. The molecule has 1 heterocycles. The normalized spacial score (nSPS) is 11.0. The third-order valence-corrected chi connectivity index (χ3v) is 3.81. The van der Waals surface area contributed by atoms with Crippen LogP contribution in [0.2, 0.25) is 0 Å². The Kier molecular flexibility index (Phi) is 4.75. The number of hydrogen-bond donors (Lipinski definition) is 0. The Balaban J connectivity index is 1.86. The first-order valence-corrected chi connectivity index (χ1v) is 7.67. The molecule has 5 nitrogen and oxygen atoms in total. The quantitative estimate of drug-likeness (QED) is 0.494. The van der Waals surface area contributed by atoms with Gasteiger partial charge in [-0.05, 0) is 35.9 Å². The van der Waals surface area contributed by atoms with Crippen LogP contribution in [0.1, 0.15) is 16.1 Å². The van der Waals surface area contributed by atoms with E-state index < -0.39 is 0 Å². The van der Waals surface area contributed by atoms with Crippen molar-refractivity contribution < 1.29 is 23.4 Å². The highest BCUT2D eigenvalue weighted by atomic mass is 16.5. The van der Waals surface area contributed by atoms with Crippen molar-refractivity contribution >= 4 is 22.8 Å². The minimum atomic E-state index is -0.229. The van der Waals surface area contributed by atoms with Crippen molar-refractivity contribution in [2.75, 3.05) is 21.3 Å². The van der Waals surface area contributed by atoms with Gasteiger partial charge >= 0.3 is 0 Å². The lowest BCUT2D eigenvalue weighted by Gasteiger charge is -2.07. The second-order valence-electron chi connectivity index (χ2n) is 5.30. The number of ketones is 1. The number of ether oxygens (including phenoxy) is 3. The Morgan fingerprint density at radius 2 is 1.68 bits per heavy atom. The number of allylic oxidation sites excluding steroid dienone is 1. The highest BCUT2D eigenvalue weighted by Crippen LogP contribution is 2.30. The van der Waals surface area contributed by atoms with Gasteiger partial charge in [0, 0.05) is 5.39 Å². The van der Waals surface area contributed by atoms with Gasteiger partial charge in [0.1, 0.15) is 0 Å². The topological polar surface area (TPSA) is 57.9 Å². The molecule has 0 aliphatic carbocycles. The van der Waals surface area contributed by atoms with Crippen LogP contribution in [0.5, 0.6) is 17.2 Å². The van der Waals surface area contributed by atoms with Crippen LogP contribution in [0.4, 0.5) is 0 Å². The molecular formula is C20H18O5. The zero-order valence-corrected chi connectivity index (χ0v) is 14.2. The molecule has 0 fully saturated rings. The average molecular weight is 338 g/mol. The molecule has 3 rings (SSSR count). The predicted octanol–water partition coefficient (Wildman–Crippen LogP) is 4.35. The van der Waals surface area contributed by atoms with Gasteiger partial charge in [0.25, 0.3) is 0 Å². The largest absolute Gasteiger partial charge is 0.493 e. The molecule has 0 unspecified atom stereocenters. The van der Waals surface area contributed by atoms with Crippen molar-refractivity contribution in [2.45, 2.75) is 0 Å². The van der Waals surface area contributed by atoms with Crippen LogP contribution < -0.4 is 14.2 Å². The van der Waals surface area contributed by atoms with Crippen LogP contribution in [0.3, 0.4) is 0 Å². The van der Waals surface area contributed by atoms with E-state index in [1.807, 2.05) is 18.2 Å². The fourth-order valence-electron chi connectivity index (χ4n) is 2.53. The van der Waals surface area contributed by atoms with Crippen LogP contribution >= 0.6 is 0 Å². The molecule has 2 aromatic carbocycles. The molecule has 0 radical (unpaired) electrons. The number of fused-ring (bicyclic) bond motifs is 1. The Labute approximate surface area is 145 Å². The molecule has 0 saturated carbocycles. The van der Waals surface area contributed by atoms with Crippen LogP contribution in [0, 0.1) is 0 Å². The SMILES string of the molecule is COc1ccc(/C=C/C(=O)c2cc3cccc(OC)c3o2)cc1OC. The molecule has 3 aromatic rings. The maximum absolute atomic E-state index is 12.4. The van der Waals surface area contributed by atoms with Gasteiger partial charge < -0.3 is 18.6 Å². The molecule has 0 amide bonds. The van der Waals surface area contributed by atoms with Crippen LogP contribution in [-0.2, 0) is 0 Å². The number of benzene rings is 2. The van der Waals surface area contributed by atoms with Gasteiger partial charge in [-0.25, -0.2) is 0 Å². The zero-order chi connectivity index (χ0) is 17.8. The van der Waals surface area contributed by atoms with Gasteiger partial charge in [-0.1, -0.05) is 24.3 Å². The fraction of sp³-hybridized carbons (Fsp3) is 0.150. The van der Waals surface area contributed by atoms with Crippen molar-refractivity contribution in [1.82, 2.24) is 0 Å². The smallest absolute Gasteiger partial charge is 0.221 e. The minimum Gasteiger partial charge on any atom is -0.493 e. The molecule has 0 atom stereocenters. The number of carbonyl (C=O) groups is 1.